The fourth-order valence-electron chi connectivity index (χ4n) is 10.1. The minimum atomic E-state index is -4.70. The smallest absolute Gasteiger partial charge is 0.306 e. The number of allylic oxidation sites excluding steroid dienone is 9. The molecule has 0 aromatic heterocycles. The predicted octanol–water partition coefficient (Wildman–Crippen LogP) is 21.2. The first-order valence-corrected chi connectivity index (χ1v) is 36.1. The fourth-order valence-corrected chi connectivity index (χ4v) is 10.8. The van der Waals surface area contributed by atoms with Gasteiger partial charge in [-0.25, -0.2) is 0 Å². The van der Waals surface area contributed by atoms with Crippen LogP contribution in [0.2, 0.25) is 0 Å². The average molecular weight is 1160 g/mol. The van der Waals surface area contributed by atoms with Crippen LogP contribution in [0.5, 0.6) is 0 Å². The molecule has 0 aromatic rings. The van der Waals surface area contributed by atoms with Crippen molar-refractivity contribution in [2.24, 2.45) is 0 Å². The Morgan fingerprint density at radius 1 is 0.432 bits per heavy atom. The standard InChI is InChI=1S/C71H133N2O7P/c1-7-10-13-16-19-22-25-28-30-32-33-34-35-36-37-38-39-40-41-42-44-46-49-52-55-58-61-64-71(75)80-69(62-59-56-53-50-47-27-24-21-18-15-12-9-3)68(67-79-81(76,77)78-66-65-73(4,5)6)72-70(74)63-60-57-54-51-48-45-43-31-29-26-23-20-17-14-11-8-2/h19,22,28,30,33-34,36-37,59,62,68-69H,7-18,20-21,23-27,29,31-32,35,38-58,60-61,63-67H2,1-6H3,(H-,72,74,76,77)/b22-19-,30-28-,34-33-,37-36-,62-59-. The number of likely N-dealkylation sites (N-methyl/N-ethyl adjacent to an activating group) is 1. The van der Waals surface area contributed by atoms with Crippen LogP contribution in [0, 0.1) is 0 Å². The Labute approximate surface area is 502 Å². The number of phosphoric acid groups is 1. The van der Waals surface area contributed by atoms with Crippen LogP contribution in [0.4, 0.5) is 0 Å². The Morgan fingerprint density at radius 2 is 0.753 bits per heavy atom. The van der Waals surface area contributed by atoms with Gasteiger partial charge in [0.2, 0.25) is 5.91 Å². The number of carbonyl (C=O) groups excluding carboxylic acids is 2. The van der Waals surface area contributed by atoms with E-state index in [0.717, 1.165) is 77.0 Å². The van der Waals surface area contributed by atoms with Crippen LogP contribution in [0.3, 0.4) is 0 Å². The van der Waals surface area contributed by atoms with E-state index in [1.807, 2.05) is 33.3 Å². The minimum absolute atomic E-state index is 0.0218. The van der Waals surface area contributed by atoms with Gasteiger partial charge in [-0.15, -0.1) is 0 Å². The van der Waals surface area contributed by atoms with Crippen LogP contribution >= 0.6 is 7.82 Å². The monoisotopic (exact) mass is 1160 g/mol. The van der Waals surface area contributed by atoms with Gasteiger partial charge in [0.05, 0.1) is 33.8 Å². The highest BCUT2D eigenvalue weighted by atomic mass is 31.2. The van der Waals surface area contributed by atoms with E-state index in [2.05, 4.69) is 74.7 Å². The molecule has 0 aliphatic heterocycles. The van der Waals surface area contributed by atoms with E-state index in [1.54, 1.807) is 0 Å². The SMILES string of the molecule is CCCCC/C=C\C/C=C\C/C=C\C/C=C\CCCCCCCCCCCCCC(=O)OC(/C=C\CCCCCCCCCCCC)C(COP(=O)([O-])OCC[N+](C)(C)C)NC(=O)CCCCCCCCCCCCCCCCCC. The van der Waals surface area contributed by atoms with Crippen molar-refractivity contribution in [1.82, 2.24) is 5.32 Å². The van der Waals surface area contributed by atoms with Gasteiger partial charge in [0, 0.05) is 12.8 Å². The van der Waals surface area contributed by atoms with Crippen LogP contribution in [-0.4, -0.2) is 69.4 Å². The zero-order chi connectivity index (χ0) is 59.3. The van der Waals surface area contributed by atoms with Crippen molar-refractivity contribution < 1.29 is 37.3 Å². The molecule has 0 aliphatic rings. The molecule has 9 nitrogen and oxygen atoms in total. The summed E-state index contributed by atoms with van der Waals surface area (Å²) in [5.41, 5.74) is 0. The minimum Gasteiger partial charge on any atom is -0.756 e. The first-order chi connectivity index (χ1) is 39.4. The lowest BCUT2D eigenvalue weighted by atomic mass is 10.0. The van der Waals surface area contributed by atoms with Gasteiger partial charge in [-0.05, 0) is 76.7 Å². The molecule has 0 saturated carbocycles. The molecule has 1 N–H and O–H groups in total. The van der Waals surface area contributed by atoms with Gasteiger partial charge in [-0.3, -0.25) is 14.2 Å². The van der Waals surface area contributed by atoms with E-state index < -0.39 is 20.0 Å². The molecule has 0 fully saturated rings. The lowest BCUT2D eigenvalue weighted by Gasteiger charge is -2.30. The van der Waals surface area contributed by atoms with Crippen molar-refractivity contribution in [2.75, 3.05) is 40.9 Å². The van der Waals surface area contributed by atoms with Crippen molar-refractivity contribution >= 4 is 19.7 Å². The summed E-state index contributed by atoms with van der Waals surface area (Å²) >= 11 is 0. The van der Waals surface area contributed by atoms with Crippen LogP contribution in [0.15, 0.2) is 60.8 Å². The maximum atomic E-state index is 13.6. The summed E-state index contributed by atoms with van der Waals surface area (Å²) in [6, 6.07) is -0.888. The number of esters is 1. The van der Waals surface area contributed by atoms with Crippen molar-refractivity contribution in [3.63, 3.8) is 0 Å². The van der Waals surface area contributed by atoms with Gasteiger partial charge in [0.25, 0.3) is 7.82 Å². The molecule has 81 heavy (non-hydrogen) atoms. The molecule has 0 rings (SSSR count). The second kappa shape index (κ2) is 60.8. The quantitative estimate of drug-likeness (QED) is 0.0212. The predicted molar refractivity (Wildman–Crippen MR) is 349 cm³/mol. The van der Waals surface area contributed by atoms with E-state index in [4.69, 9.17) is 13.8 Å². The number of carbonyl (C=O) groups is 2. The van der Waals surface area contributed by atoms with E-state index in [9.17, 15) is 19.0 Å². The van der Waals surface area contributed by atoms with Crippen LogP contribution < -0.4 is 10.2 Å². The third-order valence-electron chi connectivity index (χ3n) is 15.5. The lowest BCUT2D eigenvalue weighted by molar-refractivity contribution is -0.870. The van der Waals surface area contributed by atoms with E-state index in [-0.39, 0.29) is 31.5 Å². The van der Waals surface area contributed by atoms with Gasteiger partial charge >= 0.3 is 5.97 Å². The molecule has 10 heteroatoms. The molecule has 0 spiro atoms. The summed E-state index contributed by atoms with van der Waals surface area (Å²) in [6.45, 7) is 6.85. The molecular formula is C71H133N2O7P. The van der Waals surface area contributed by atoms with Crippen molar-refractivity contribution in [2.45, 2.75) is 341 Å². The summed E-state index contributed by atoms with van der Waals surface area (Å²) in [4.78, 5) is 40.1. The van der Waals surface area contributed by atoms with Crippen molar-refractivity contribution in [3.8, 4) is 0 Å². The topological polar surface area (TPSA) is 114 Å². The highest BCUT2D eigenvalue weighted by molar-refractivity contribution is 7.45. The zero-order valence-electron chi connectivity index (χ0n) is 54.2. The maximum Gasteiger partial charge on any atom is 0.306 e. The Bertz CT molecular complexity index is 1570. The Kier molecular flexibility index (Phi) is 59.1. The number of ether oxygens (including phenoxy) is 1. The van der Waals surface area contributed by atoms with Crippen LogP contribution in [0.25, 0.3) is 0 Å². The average Bonchev–Trinajstić information content (AvgIpc) is 3.44. The van der Waals surface area contributed by atoms with Gasteiger partial charge in [0.1, 0.15) is 19.3 Å². The Morgan fingerprint density at radius 3 is 1.15 bits per heavy atom. The van der Waals surface area contributed by atoms with Gasteiger partial charge < -0.3 is 28.5 Å². The van der Waals surface area contributed by atoms with Crippen LogP contribution in [0.1, 0.15) is 329 Å². The molecular weight excluding hydrogens is 1020 g/mol. The molecule has 3 unspecified atom stereocenters. The molecule has 0 aromatic carbocycles. The highest BCUT2D eigenvalue weighted by Gasteiger charge is 2.27. The first kappa shape index (κ1) is 78.7. The fraction of sp³-hybridized carbons (Fsp3) is 0.831. The largest absolute Gasteiger partial charge is 0.756 e. The number of quaternary nitrogens is 1. The van der Waals surface area contributed by atoms with Gasteiger partial charge in [0.15, 0.2) is 0 Å². The summed E-state index contributed by atoms with van der Waals surface area (Å²) in [5.74, 6) is -0.532. The molecule has 474 valence electrons. The number of unbranched alkanes of at least 4 members (excludes halogenated alkanes) is 39. The third kappa shape index (κ3) is 62.1. The molecule has 3 atom stereocenters. The Hall–Kier alpha value is -2.29. The molecule has 0 bridgehead atoms. The molecule has 0 aliphatic carbocycles. The van der Waals surface area contributed by atoms with Crippen LogP contribution in [-0.2, 0) is 27.9 Å². The zero-order valence-corrected chi connectivity index (χ0v) is 55.1. The summed E-state index contributed by atoms with van der Waals surface area (Å²) < 4.78 is 30.4. The number of nitrogens with zero attached hydrogens (tertiary/aromatic N) is 1. The number of amides is 1. The number of hydrogen-bond acceptors (Lipinski definition) is 7. The number of hydrogen-bond donors (Lipinski definition) is 1. The second-order valence-electron chi connectivity index (χ2n) is 24.7. The van der Waals surface area contributed by atoms with E-state index >= 15 is 0 Å². The van der Waals surface area contributed by atoms with E-state index in [0.29, 0.717) is 17.4 Å². The second-order valence-corrected chi connectivity index (χ2v) is 26.1. The summed E-state index contributed by atoms with van der Waals surface area (Å²) in [7, 11) is 1.19. The molecule has 0 saturated heterocycles. The lowest BCUT2D eigenvalue weighted by Crippen LogP contribution is -2.47. The number of rotatable bonds is 63. The highest BCUT2D eigenvalue weighted by Crippen LogP contribution is 2.38. The molecule has 1 amide bonds. The third-order valence-corrected chi connectivity index (χ3v) is 16.4. The number of phosphoric ester groups is 1. The summed E-state index contributed by atoms with van der Waals surface area (Å²) in [6.07, 6.45) is 77.6. The number of nitrogens with one attached hydrogen (secondary N) is 1. The first-order valence-electron chi connectivity index (χ1n) is 34.6. The normalized spacial score (nSPS) is 13.9. The van der Waals surface area contributed by atoms with E-state index in [1.165, 1.54) is 218 Å². The van der Waals surface area contributed by atoms with Gasteiger partial charge in [-0.2, -0.15) is 0 Å². The summed E-state index contributed by atoms with van der Waals surface area (Å²) in [5, 5.41) is 3.04. The van der Waals surface area contributed by atoms with Crippen molar-refractivity contribution in [3.05, 3.63) is 60.8 Å². The molecule has 0 radical (unpaired) electrons. The van der Waals surface area contributed by atoms with Gasteiger partial charge in [-0.1, -0.05) is 300 Å². The van der Waals surface area contributed by atoms with Crippen molar-refractivity contribution in [1.29, 1.82) is 0 Å². The Balaban J connectivity index is 5.05. The maximum absolute atomic E-state index is 13.6. The molecule has 0 heterocycles.